The average Bonchev–Trinajstić information content (AvgIpc) is 3.23. The van der Waals surface area contributed by atoms with Crippen LogP contribution in [0.4, 0.5) is 0 Å². The number of H-pyrrole nitrogens is 1. The lowest BCUT2D eigenvalue weighted by Crippen LogP contribution is -2.17. The summed E-state index contributed by atoms with van der Waals surface area (Å²) in [4.78, 5) is 31.7. The van der Waals surface area contributed by atoms with Crippen LogP contribution in [0, 0.1) is 0 Å². The molecule has 0 saturated carbocycles. The second-order valence-corrected chi connectivity index (χ2v) is 6.15. The Morgan fingerprint density at radius 2 is 1.74 bits per heavy atom. The number of nitrogens with zero attached hydrogens (tertiary/aromatic N) is 2. The number of esters is 1. The topological polar surface area (TPSA) is 77.0 Å². The molecular formula is C21H17N3O3. The minimum absolute atomic E-state index is 0.255. The SMILES string of the molecule is CC(OC(=O)c1ccc(-n2cccc2)cc1)c1nc2ccccc2c(=O)[nH]1. The molecule has 0 fully saturated rings. The lowest BCUT2D eigenvalue weighted by Gasteiger charge is -2.13. The number of nitrogens with one attached hydrogen (secondary N) is 1. The highest BCUT2D eigenvalue weighted by Gasteiger charge is 2.17. The Morgan fingerprint density at radius 3 is 2.48 bits per heavy atom. The lowest BCUT2D eigenvalue weighted by atomic mass is 10.2. The van der Waals surface area contributed by atoms with E-state index in [4.69, 9.17) is 4.74 Å². The molecule has 6 heteroatoms. The van der Waals surface area contributed by atoms with Crippen LogP contribution < -0.4 is 5.56 Å². The molecule has 2 aromatic carbocycles. The largest absolute Gasteiger partial charge is 0.451 e. The van der Waals surface area contributed by atoms with Crippen LogP contribution in [0.2, 0.25) is 0 Å². The molecule has 0 aliphatic carbocycles. The molecule has 134 valence electrons. The van der Waals surface area contributed by atoms with E-state index in [2.05, 4.69) is 9.97 Å². The number of hydrogen-bond donors (Lipinski definition) is 1. The van der Waals surface area contributed by atoms with Crippen LogP contribution in [0.1, 0.15) is 29.2 Å². The Bertz CT molecular complexity index is 1150. The minimum atomic E-state index is -0.682. The molecule has 1 atom stereocenters. The first-order valence-electron chi connectivity index (χ1n) is 8.55. The normalized spacial score (nSPS) is 12.0. The Hall–Kier alpha value is -3.67. The molecule has 0 saturated heterocycles. The molecular weight excluding hydrogens is 342 g/mol. The van der Waals surface area contributed by atoms with Gasteiger partial charge in [0.15, 0.2) is 11.9 Å². The summed E-state index contributed by atoms with van der Waals surface area (Å²) in [5, 5.41) is 0.500. The molecule has 2 heterocycles. The Kier molecular flexibility index (Phi) is 4.30. The Morgan fingerprint density at radius 1 is 1.04 bits per heavy atom. The van der Waals surface area contributed by atoms with Gasteiger partial charge in [0.1, 0.15) is 0 Å². The molecule has 1 unspecified atom stereocenters. The van der Waals surface area contributed by atoms with Gasteiger partial charge in [-0.1, -0.05) is 12.1 Å². The van der Waals surface area contributed by atoms with Crippen molar-refractivity contribution in [2.24, 2.45) is 0 Å². The molecule has 6 nitrogen and oxygen atoms in total. The van der Waals surface area contributed by atoms with Crippen molar-refractivity contribution >= 4 is 16.9 Å². The standard InChI is InChI=1S/C21H17N3O3/c1-14(19-22-18-7-3-2-6-17(18)20(25)23-19)27-21(26)15-8-10-16(11-9-15)24-12-4-5-13-24/h2-14H,1H3,(H,22,23,25). The summed E-state index contributed by atoms with van der Waals surface area (Å²) in [6, 6.07) is 18.0. The zero-order valence-electron chi connectivity index (χ0n) is 14.6. The predicted molar refractivity (Wildman–Crippen MR) is 102 cm³/mol. The highest BCUT2D eigenvalue weighted by Crippen LogP contribution is 2.17. The highest BCUT2D eigenvalue weighted by atomic mass is 16.5. The van der Waals surface area contributed by atoms with Crippen molar-refractivity contribution in [3.63, 3.8) is 0 Å². The quantitative estimate of drug-likeness (QED) is 0.565. The van der Waals surface area contributed by atoms with Crippen molar-refractivity contribution in [3.05, 3.63) is 94.8 Å². The van der Waals surface area contributed by atoms with E-state index in [1.807, 2.05) is 47.3 Å². The van der Waals surface area contributed by atoms with Gasteiger partial charge in [0, 0.05) is 18.1 Å². The van der Waals surface area contributed by atoms with Crippen LogP contribution in [0.5, 0.6) is 0 Å². The smallest absolute Gasteiger partial charge is 0.338 e. The number of para-hydroxylation sites is 1. The first-order valence-corrected chi connectivity index (χ1v) is 8.55. The fourth-order valence-corrected chi connectivity index (χ4v) is 2.86. The number of hydrogen-bond acceptors (Lipinski definition) is 4. The third kappa shape index (κ3) is 3.37. The minimum Gasteiger partial charge on any atom is -0.451 e. The van der Waals surface area contributed by atoms with Gasteiger partial charge in [0.2, 0.25) is 0 Å². The van der Waals surface area contributed by atoms with Gasteiger partial charge in [-0.25, -0.2) is 9.78 Å². The first kappa shape index (κ1) is 16.8. The molecule has 0 radical (unpaired) electrons. The van der Waals surface area contributed by atoms with Crippen LogP contribution in [0.3, 0.4) is 0 Å². The van der Waals surface area contributed by atoms with E-state index in [0.29, 0.717) is 22.3 Å². The van der Waals surface area contributed by atoms with Gasteiger partial charge in [0.05, 0.1) is 16.5 Å². The summed E-state index contributed by atoms with van der Waals surface area (Å²) in [6.07, 6.45) is 3.17. The zero-order valence-corrected chi connectivity index (χ0v) is 14.6. The third-order valence-electron chi connectivity index (χ3n) is 4.31. The van der Waals surface area contributed by atoms with Gasteiger partial charge in [-0.2, -0.15) is 0 Å². The number of fused-ring (bicyclic) bond motifs is 1. The second-order valence-electron chi connectivity index (χ2n) is 6.15. The fraction of sp³-hybridized carbons (Fsp3) is 0.0952. The number of aromatic amines is 1. The number of rotatable bonds is 4. The van der Waals surface area contributed by atoms with Gasteiger partial charge in [-0.15, -0.1) is 0 Å². The van der Waals surface area contributed by atoms with Gasteiger partial charge >= 0.3 is 5.97 Å². The predicted octanol–water partition coefficient (Wildman–Crippen LogP) is 3.63. The maximum Gasteiger partial charge on any atom is 0.338 e. The molecule has 1 N–H and O–H groups in total. The van der Waals surface area contributed by atoms with Gasteiger partial charge < -0.3 is 14.3 Å². The highest BCUT2D eigenvalue weighted by molar-refractivity contribution is 5.89. The summed E-state index contributed by atoms with van der Waals surface area (Å²) in [5.41, 5.74) is 1.69. The van der Waals surface area contributed by atoms with E-state index >= 15 is 0 Å². The first-order chi connectivity index (χ1) is 13.1. The van der Waals surface area contributed by atoms with E-state index in [1.54, 1.807) is 37.3 Å². The van der Waals surface area contributed by atoms with E-state index in [9.17, 15) is 9.59 Å². The zero-order chi connectivity index (χ0) is 18.8. The Balaban J connectivity index is 1.53. The van der Waals surface area contributed by atoms with E-state index in [1.165, 1.54) is 0 Å². The molecule has 27 heavy (non-hydrogen) atoms. The number of carbonyl (C=O) groups is 1. The molecule has 0 bridgehead atoms. The molecule has 0 aliphatic rings. The van der Waals surface area contributed by atoms with Gasteiger partial charge in [-0.3, -0.25) is 4.79 Å². The lowest BCUT2D eigenvalue weighted by molar-refractivity contribution is 0.0320. The molecule has 2 aromatic heterocycles. The average molecular weight is 359 g/mol. The molecule has 4 rings (SSSR count). The summed E-state index contributed by atoms with van der Waals surface area (Å²) >= 11 is 0. The summed E-state index contributed by atoms with van der Waals surface area (Å²) < 4.78 is 7.42. The van der Waals surface area contributed by atoms with Crippen molar-refractivity contribution in [1.29, 1.82) is 0 Å². The van der Waals surface area contributed by atoms with Crippen LogP contribution in [-0.4, -0.2) is 20.5 Å². The van der Waals surface area contributed by atoms with Crippen LogP contribution >= 0.6 is 0 Å². The number of ether oxygens (including phenoxy) is 1. The third-order valence-corrected chi connectivity index (χ3v) is 4.31. The number of carbonyl (C=O) groups excluding carboxylic acids is 1. The Labute approximate surface area is 155 Å². The summed E-state index contributed by atoms with van der Waals surface area (Å²) in [5.74, 6) is -0.159. The van der Waals surface area contributed by atoms with Gasteiger partial charge in [0.25, 0.3) is 5.56 Å². The van der Waals surface area contributed by atoms with Crippen molar-refractivity contribution in [1.82, 2.24) is 14.5 Å². The second kappa shape index (κ2) is 6.92. The van der Waals surface area contributed by atoms with E-state index in [-0.39, 0.29) is 5.56 Å². The maximum absolute atomic E-state index is 12.4. The van der Waals surface area contributed by atoms with Gasteiger partial charge in [-0.05, 0) is 55.5 Å². The monoisotopic (exact) mass is 359 g/mol. The fourth-order valence-electron chi connectivity index (χ4n) is 2.86. The molecule has 0 amide bonds. The van der Waals surface area contributed by atoms with Crippen molar-refractivity contribution in [3.8, 4) is 5.69 Å². The van der Waals surface area contributed by atoms with Crippen LogP contribution in [0.15, 0.2) is 77.9 Å². The number of aromatic nitrogens is 3. The molecule has 0 spiro atoms. The summed E-state index contributed by atoms with van der Waals surface area (Å²) in [6.45, 7) is 1.68. The van der Waals surface area contributed by atoms with E-state index < -0.39 is 12.1 Å². The van der Waals surface area contributed by atoms with Crippen molar-refractivity contribution < 1.29 is 9.53 Å². The van der Waals surface area contributed by atoms with E-state index in [0.717, 1.165) is 5.69 Å². The van der Waals surface area contributed by atoms with Crippen LogP contribution in [0.25, 0.3) is 16.6 Å². The van der Waals surface area contributed by atoms with Crippen LogP contribution in [-0.2, 0) is 4.74 Å². The van der Waals surface area contributed by atoms with Crippen molar-refractivity contribution in [2.45, 2.75) is 13.0 Å². The molecule has 4 aromatic rings. The summed E-state index contributed by atoms with van der Waals surface area (Å²) in [7, 11) is 0. The maximum atomic E-state index is 12.4. The number of benzene rings is 2. The van der Waals surface area contributed by atoms with Crippen molar-refractivity contribution in [2.75, 3.05) is 0 Å². The molecule has 0 aliphatic heterocycles.